The highest BCUT2D eigenvalue weighted by Crippen LogP contribution is 2.27. The van der Waals surface area contributed by atoms with Crippen molar-refractivity contribution >= 4 is 35.0 Å². The first-order chi connectivity index (χ1) is 9.63. The van der Waals surface area contributed by atoms with Gasteiger partial charge < -0.3 is 14.6 Å². The van der Waals surface area contributed by atoms with Gasteiger partial charge in [-0.15, -0.1) is 0 Å². The van der Waals surface area contributed by atoms with Crippen molar-refractivity contribution in [3.63, 3.8) is 0 Å². The summed E-state index contributed by atoms with van der Waals surface area (Å²) >= 11 is 7.41. The van der Waals surface area contributed by atoms with E-state index < -0.39 is 0 Å². The molecule has 0 unspecified atom stereocenters. The molecule has 0 spiro atoms. The Hall–Kier alpha value is -1.66. The molecule has 1 aromatic carbocycles. The number of carbonyl (C=O) groups excluding carboxylic acids is 1. The van der Waals surface area contributed by atoms with Gasteiger partial charge in [-0.1, -0.05) is 23.4 Å². The van der Waals surface area contributed by atoms with E-state index in [2.05, 4.69) is 10.3 Å². The molecule has 20 heavy (non-hydrogen) atoms. The number of anilines is 1. The minimum absolute atomic E-state index is 0.168. The van der Waals surface area contributed by atoms with Crippen molar-refractivity contribution in [2.45, 2.75) is 11.7 Å². The molecule has 2 aromatic rings. The molecule has 0 saturated heterocycles. The van der Waals surface area contributed by atoms with Crippen molar-refractivity contribution in [2.24, 2.45) is 0 Å². The third-order valence-corrected chi connectivity index (χ3v) is 3.55. The molecular weight excluding hydrogens is 298 g/mol. The fourth-order valence-corrected chi connectivity index (χ4v) is 2.43. The van der Waals surface area contributed by atoms with Gasteiger partial charge in [-0.05, 0) is 24.5 Å². The fraction of sp³-hybridized carbons (Fsp3) is 0.231. The van der Waals surface area contributed by atoms with Gasteiger partial charge in [-0.2, -0.15) is 0 Å². The molecule has 7 heteroatoms. The van der Waals surface area contributed by atoms with Gasteiger partial charge in [0.1, 0.15) is 12.3 Å². The first-order valence-electron chi connectivity index (χ1n) is 5.82. The number of halogens is 1. The van der Waals surface area contributed by atoms with E-state index in [0.717, 1.165) is 5.16 Å². The highest BCUT2D eigenvalue weighted by Gasteiger charge is 2.10. The average molecular weight is 312 g/mol. The Bertz CT molecular complexity index is 615. The summed E-state index contributed by atoms with van der Waals surface area (Å²) in [6.07, 6.45) is 5.34. The second-order valence-corrected chi connectivity index (χ2v) is 5.14. The highest BCUT2D eigenvalue weighted by atomic mass is 35.5. The summed E-state index contributed by atoms with van der Waals surface area (Å²) in [6.45, 7) is 0.186. The van der Waals surface area contributed by atoms with Crippen LogP contribution in [0.5, 0.6) is 5.75 Å². The smallest absolute Gasteiger partial charge is 0.244 e. The summed E-state index contributed by atoms with van der Waals surface area (Å²) in [7, 11) is 1.54. The first-order valence-corrected chi connectivity index (χ1v) is 7.43. The molecule has 0 radical (unpaired) electrons. The fourth-order valence-electron chi connectivity index (χ4n) is 1.73. The van der Waals surface area contributed by atoms with Gasteiger partial charge in [0.2, 0.25) is 5.91 Å². The SMILES string of the molecule is COc1ccc(Cl)cc1NC(=O)Cn1ccnc1SC. The van der Waals surface area contributed by atoms with E-state index in [1.165, 1.54) is 11.8 Å². The Balaban J connectivity index is 2.10. The Morgan fingerprint density at radius 3 is 3.05 bits per heavy atom. The molecule has 1 heterocycles. The lowest BCUT2D eigenvalue weighted by molar-refractivity contribution is -0.116. The van der Waals surface area contributed by atoms with Crippen molar-refractivity contribution in [3.8, 4) is 5.75 Å². The zero-order valence-corrected chi connectivity index (χ0v) is 12.7. The first kappa shape index (κ1) is 14.7. The molecular formula is C13H14ClN3O2S. The lowest BCUT2D eigenvalue weighted by Crippen LogP contribution is -2.19. The molecule has 1 N–H and O–H groups in total. The lowest BCUT2D eigenvalue weighted by atomic mass is 10.3. The van der Waals surface area contributed by atoms with Crippen molar-refractivity contribution in [1.29, 1.82) is 0 Å². The Morgan fingerprint density at radius 1 is 1.55 bits per heavy atom. The van der Waals surface area contributed by atoms with E-state index in [9.17, 15) is 4.79 Å². The van der Waals surface area contributed by atoms with E-state index >= 15 is 0 Å². The number of ether oxygens (including phenoxy) is 1. The third kappa shape index (κ3) is 3.46. The molecule has 0 aliphatic rings. The Kier molecular flexibility index (Phi) is 4.92. The van der Waals surface area contributed by atoms with E-state index in [1.54, 1.807) is 42.3 Å². The molecule has 1 aromatic heterocycles. The number of hydrogen-bond donors (Lipinski definition) is 1. The van der Waals surface area contributed by atoms with E-state index in [4.69, 9.17) is 16.3 Å². The number of nitrogens with zero attached hydrogens (tertiary/aromatic N) is 2. The monoisotopic (exact) mass is 311 g/mol. The van der Waals surface area contributed by atoms with Crippen molar-refractivity contribution in [1.82, 2.24) is 9.55 Å². The second kappa shape index (κ2) is 6.67. The minimum atomic E-state index is -0.168. The van der Waals surface area contributed by atoms with Crippen molar-refractivity contribution < 1.29 is 9.53 Å². The Labute approximate surface area is 126 Å². The maximum Gasteiger partial charge on any atom is 0.244 e. The molecule has 0 atom stereocenters. The van der Waals surface area contributed by atoms with Gasteiger partial charge in [0.15, 0.2) is 5.16 Å². The number of benzene rings is 1. The summed E-state index contributed by atoms with van der Waals surface area (Å²) in [4.78, 5) is 16.2. The zero-order valence-electron chi connectivity index (χ0n) is 11.1. The van der Waals surface area contributed by atoms with Gasteiger partial charge in [-0.25, -0.2) is 4.98 Å². The maximum absolute atomic E-state index is 12.1. The summed E-state index contributed by atoms with van der Waals surface area (Å²) in [5.41, 5.74) is 0.552. The van der Waals surface area contributed by atoms with Crippen LogP contribution in [-0.2, 0) is 11.3 Å². The van der Waals surface area contributed by atoms with Gasteiger partial charge >= 0.3 is 0 Å². The highest BCUT2D eigenvalue weighted by molar-refractivity contribution is 7.98. The summed E-state index contributed by atoms with van der Waals surface area (Å²) in [6, 6.07) is 5.07. The van der Waals surface area contributed by atoms with Crippen LogP contribution in [-0.4, -0.2) is 28.8 Å². The van der Waals surface area contributed by atoms with Crippen molar-refractivity contribution in [2.75, 3.05) is 18.7 Å². The quantitative estimate of drug-likeness (QED) is 0.863. The molecule has 0 bridgehead atoms. The molecule has 2 rings (SSSR count). The predicted molar refractivity (Wildman–Crippen MR) is 80.6 cm³/mol. The number of thioether (sulfide) groups is 1. The van der Waals surface area contributed by atoms with Crippen LogP contribution in [0.1, 0.15) is 0 Å². The Morgan fingerprint density at radius 2 is 2.35 bits per heavy atom. The lowest BCUT2D eigenvalue weighted by Gasteiger charge is -2.11. The minimum Gasteiger partial charge on any atom is -0.495 e. The number of hydrogen-bond acceptors (Lipinski definition) is 4. The number of aromatic nitrogens is 2. The standard InChI is InChI=1S/C13H14ClN3O2S/c1-19-11-4-3-9(14)7-10(11)16-12(18)8-17-6-5-15-13(17)20-2/h3-7H,8H2,1-2H3,(H,16,18). The van der Waals surface area contributed by atoms with Crippen LogP contribution in [0.2, 0.25) is 5.02 Å². The van der Waals surface area contributed by atoms with Crippen LogP contribution in [0.4, 0.5) is 5.69 Å². The largest absolute Gasteiger partial charge is 0.495 e. The number of amides is 1. The second-order valence-electron chi connectivity index (χ2n) is 3.93. The van der Waals surface area contributed by atoms with Gasteiger partial charge in [-0.3, -0.25) is 4.79 Å². The molecule has 1 amide bonds. The molecule has 0 fully saturated rings. The van der Waals surface area contributed by atoms with Crippen LogP contribution >= 0.6 is 23.4 Å². The summed E-state index contributed by atoms with van der Waals surface area (Å²) in [5, 5.41) is 4.11. The van der Waals surface area contributed by atoms with Crippen molar-refractivity contribution in [3.05, 3.63) is 35.6 Å². The predicted octanol–water partition coefficient (Wildman–Crippen LogP) is 2.91. The topological polar surface area (TPSA) is 56.1 Å². The number of carbonyl (C=O) groups is 1. The number of imidazole rings is 1. The number of nitrogens with one attached hydrogen (secondary N) is 1. The summed E-state index contributed by atoms with van der Waals surface area (Å²) in [5.74, 6) is 0.400. The summed E-state index contributed by atoms with van der Waals surface area (Å²) < 4.78 is 6.96. The van der Waals surface area contributed by atoms with Gasteiger partial charge in [0, 0.05) is 17.4 Å². The molecule has 0 saturated carbocycles. The van der Waals surface area contributed by atoms with Crippen LogP contribution < -0.4 is 10.1 Å². The van der Waals surface area contributed by atoms with Gasteiger partial charge in [0.05, 0.1) is 12.8 Å². The third-order valence-electron chi connectivity index (χ3n) is 2.61. The van der Waals surface area contributed by atoms with Crippen LogP contribution in [0, 0.1) is 0 Å². The normalized spacial score (nSPS) is 10.3. The number of methoxy groups -OCH3 is 1. The van der Waals surface area contributed by atoms with Crippen LogP contribution in [0.15, 0.2) is 35.7 Å². The van der Waals surface area contributed by atoms with E-state index in [1.807, 2.05) is 6.26 Å². The van der Waals surface area contributed by atoms with E-state index in [0.29, 0.717) is 16.5 Å². The average Bonchev–Trinajstić information content (AvgIpc) is 2.86. The van der Waals surface area contributed by atoms with Crippen LogP contribution in [0.25, 0.3) is 0 Å². The van der Waals surface area contributed by atoms with E-state index in [-0.39, 0.29) is 12.5 Å². The zero-order chi connectivity index (χ0) is 14.5. The number of rotatable bonds is 5. The molecule has 0 aliphatic carbocycles. The maximum atomic E-state index is 12.1. The molecule has 5 nitrogen and oxygen atoms in total. The van der Waals surface area contributed by atoms with Crippen LogP contribution in [0.3, 0.4) is 0 Å². The molecule has 106 valence electrons. The van der Waals surface area contributed by atoms with Gasteiger partial charge in [0.25, 0.3) is 0 Å². The molecule has 0 aliphatic heterocycles.